The predicted molar refractivity (Wildman–Crippen MR) is 113 cm³/mol. The van der Waals surface area contributed by atoms with Gasteiger partial charge >= 0.3 is 11.7 Å². The highest BCUT2D eigenvalue weighted by atomic mass is 19.1. The molecule has 8 heteroatoms. The van der Waals surface area contributed by atoms with Crippen LogP contribution in [0.2, 0.25) is 0 Å². The number of nitrogens with one attached hydrogen (secondary N) is 2. The predicted octanol–water partition coefficient (Wildman–Crippen LogP) is 3.02. The number of para-hydroxylation sites is 2. The average molecular weight is 409 g/mol. The molecule has 2 saturated heterocycles. The lowest BCUT2D eigenvalue weighted by Crippen LogP contribution is -2.63. The number of piperidine rings is 1. The van der Waals surface area contributed by atoms with Gasteiger partial charge in [0.1, 0.15) is 5.82 Å². The standard InChI is InChI=1S/C22H24FN5O2/c23-15-4-3-5-16(12-15)24-21(29)27-13-18(14-27)26-10-8-17(9-11-26)28-20-7-2-1-6-19(20)25-22(28)30/h1-7,12,17-18H,8-11,13-14H2,(H,24,29)(H,25,30). The van der Waals surface area contributed by atoms with Crippen molar-refractivity contribution < 1.29 is 9.18 Å². The number of nitrogens with zero attached hydrogens (tertiary/aromatic N) is 3. The Hall–Kier alpha value is -3.13. The third-order valence-electron chi connectivity index (χ3n) is 6.23. The smallest absolute Gasteiger partial charge is 0.321 e. The van der Waals surface area contributed by atoms with E-state index in [2.05, 4.69) is 15.2 Å². The van der Waals surface area contributed by atoms with E-state index >= 15 is 0 Å². The van der Waals surface area contributed by atoms with Gasteiger partial charge in [-0.3, -0.25) is 9.47 Å². The van der Waals surface area contributed by atoms with Crippen molar-refractivity contribution >= 4 is 22.8 Å². The second-order valence-electron chi connectivity index (χ2n) is 8.08. The highest BCUT2D eigenvalue weighted by Gasteiger charge is 2.37. The van der Waals surface area contributed by atoms with Gasteiger partial charge in [0, 0.05) is 44.0 Å². The Bertz CT molecular complexity index is 1130. The number of aromatic nitrogens is 2. The van der Waals surface area contributed by atoms with Crippen LogP contribution in [-0.4, -0.2) is 57.6 Å². The molecule has 2 N–H and O–H groups in total. The van der Waals surface area contributed by atoms with Crippen molar-refractivity contribution in [3.8, 4) is 0 Å². The average Bonchev–Trinajstić information content (AvgIpc) is 3.03. The summed E-state index contributed by atoms with van der Waals surface area (Å²) in [4.78, 5) is 31.9. The van der Waals surface area contributed by atoms with Gasteiger partial charge in [0.15, 0.2) is 0 Å². The number of rotatable bonds is 3. The Balaban J connectivity index is 1.15. The van der Waals surface area contributed by atoms with E-state index in [1.54, 1.807) is 17.0 Å². The SMILES string of the molecule is O=C(Nc1cccc(F)c1)N1CC(N2CCC(n3c(=O)[nH]c4ccccc43)CC2)C1. The number of H-pyrrole nitrogens is 1. The number of imidazole rings is 1. The summed E-state index contributed by atoms with van der Waals surface area (Å²) in [7, 11) is 0. The number of amides is 2. The number of fused-ring (bicyclic) bond motifs is 1. The van der Waals surface area contributed by atoms with Crippen LogP contribution in [0.5, 0.6) is 0 Å². The van der Waals surface area contributed by atoms with Gasteiger partial charge in [0.05, 0.1) is 11.0 Å². The maximum atomic E-state index is 13.3. The fourth-order valence-electron chi connectivity index (χ4n) is 4.57. The zero-order valence-electron chi connectivity index (χ0n) is 16.6. The van der Waals surface area contributed by atoms with E-state index in [1.165, 1.54) is 12.1 Å². The van der Waals surface area contributed by atoms with Crippen LogP contribution in [0.25, 0.3) is 11.0 Å². The fourth-order valence-corrected chi connectivity index (χ4v) is 4.57. The zero-order chi connectivity index (χ0) is 20.7. The van der Waals surface area contributed by atoms with Crippen LogP contribution in [-0.2, 0) is 0 Å². The number of hydrogen-bond acceptors (Lipinski definition) is 3. The minimum Gasteiger partial charge on any atom is -0.321 e. The van der Waals surface area contributed by atoms with Gasteiger partial charge in [0.25, 0.3) is 0 Å². The van der Waals surface area contributed by atoms with E-state index in [1.807, 2.05) is 28.8 Å². The van der Waals surface area contributed by atoms with Gasteiger partial charge in [-0.15, -0.1) is 0 Å². The summed E-state index contributed by atoms with van der Waals surface area (Å²) in [5.74, 6) is -0.369. The molecular formula is C22H24FN5O2. The van der Waals surface area contributed by atoms with Crippen LogP contribution in [0.15, 0.2) is 53.3 Å². The number of likely N-dealkylation sites (tertiary alicyclic amines) is 2. The van der Waals surface area contributed by atoms with E-state index < -0.39 is 0 Å². The molecule has 0 radical (unpaired) electrons. The number of aromatic amines is 1. The molecule has 0 saturated carbocycles. The molecule has 2 amide bonds. The molecule has 3 aromatic rings. The van der Waals surface area contributed by atoms with E-state index in [9.17, 15) is 14.0 Å². The van der Waals surface area contributed by atoms with E-state index in [4.69, 9.17) is 0 Å². The molecule has 2 aromatic carbocycles. The maximum absolute atomic E-state index is 13.3. The van der Waals surface area contributed by atoms with Crippen molar-refractivity contribution in [2.75, 3.05) is 31.5 Å². The Morgan fingerprint density at radius 3 is 2.57 bits per heavy atom. The zero-order valence-corrected chi connectivity index (χ0v) is 16.6. The van der Waals surface area contributed by atoms with E-state index in [0.717, 1.165) is 37.0 Å². The second kappa shape index (κ2) is 7.60. The number of carbonyl (C=O) groups excluding carboxylic acids is 1. The Morgan fingerprint density at radius 2 is 1.80 bits per heavy atom. The van der Waals surface area contributed by atoms with Crippen molar-refractivity contribution in [1.29, 1.82) is 0 Å². The van der Waals surface area contributed by atoms with Crippen LogP contribution in [0.4, 0.5) is 14.9 Å². The summed E-state index contributed by atoms with van der Waals surface area (Å²) in [6.45, 7) is 3.14. The van der Waals surface area contributed by atoms with E-state index in [0.29, 0.717) is 24.8 Å². The maximum Gasteiger partial charge on any atom is 0.326 e. The molecule has 7 nitrogen and oxygen atoms in total. The third kappa shape index (κ3) is 3.47. The minimum atomic E-state index is -0.369. The van der Waals surface area contributed by atoms with Crippen LogP contribution in [0.3, 0.4) is 0 Å². The molecule has 2 aliphatic heterocycles. The largest absolute Gasteiger partial charge is 0.326 e. The Labute approximate surface area is 173 Å². The summed E-state index contributed by atoms with van der Waals surface area (Å²) in [6, 6.07) is 14.1. The van der Waals surface area contributed by atoms with Crippen molar-refractivity contribution in [1.82, 2.24) is 19.4 Å². The number of anilines is 1. The first kappa shape index (κ1) is 18.9. The lowest BCUT2D eigenvalue weighted by Gasteiger charge is -2.47. The van der Waals surface area contributed by atoms with Crippen molar-refractivity contribution in [2.24, 2.45) is 0 Å². The van der Waals surface area contributed by atoms with Gasteiger partial charge < -0.3 is 15.2 Å². The molecule has 30 heavy (non-hydrogen) atoms. The molecule has 3 heterocycles. The summed E-state index contributed by atoms with van der Waals surface area (Å²) < 4.78 is 15.2. The lowest BCUT2D eigenvalue weighted by molar-refractivity contribution is 0.0397. The molecule has 1 aromatic heterocycles. The van der Waals surface area contributed by atoms with Crippen LogP contribution in [0, 0.1) is 5.82 Å². The first-order chi connectivity index (χ1) is 14.6. The van der Waals surface area contributed by atoms with Crippen molar-refractivity contribution in [3.63, 3.8) is 0 Å². The lowest BCUT2D eigenvalue weighted by atomic mass is 9.99. The van der Waals surface area contributed by atoms with Crippen LogP contribution < -0.4 is 11.0 Å². The van der Waals surface area contributed by atoms with Gasteiger partial charge in [-0.05, 0) is 43.2 Å². The molecule has 2 aliphatic rings. The van der Waals surface area contributed by atoms with Gasteiger partial charge in [-0.2, -0.15) is 0 Å². The summed E-state index contributed by atoms with van der Waals surface area (Å²) in [5.41, 5.74) is 2.26. The first-order valence-electron chi connectivity index (χ1n) is 10.3. The van der Waals surface area contributed by atoms with Gasteiger partial charge in [0.2, 0.25) is 0 Å². The van der Waals surface area contributed by atoms with Crippen LogP contribution in [0.1, 0.15) is 18.9 Å². The monoisotopic (exact) mass is 409 g/mol. The molecule has 5 rings (SSSR count). The topological polar surface area (TPSA) is 73.4 Å². The molecule has 2 fully saturated rings. The fraction of sp³-hybridized carbons (Fsp3) is 0.364. The molecular weight excluding hydrogens is 385 g/mol. The Kier molecular flexibility index (Phi) is 4.78. The second-order valence-corrected chi connectivity index (χ2v) is 8.08. The highest BCUT2D eigenvalue weighted by molar-refractivity contribution is 5.89. The van der Waals surface area contributed by atoms with E-state index in [-0.39, 0.29) is 23.6 Å². The minimum absolute atomic E-state index is 0.0431. The molecule has 0 bridgehead atoms. The molecule has 0 spiro atoms. The number of halogens is 1. The number of urea groups is 1. The first-order valence-corrected chi connectivity index (χ1v) is 10.3. The normalized spacial score (nSPS) is 18.5. The van der Waals surface area contributed by atoms with Crippen molar-refractivity contribution in [2.45, 2.75) is 24.9 Å². The summed E-state index contributed by atoms with van der Waals surface area (Å²) >= 11 is 0. The van der Waals surface area contributed by atoms with Crippen LogP contribution >= 0.6 is 0 Å². The van der Waals surface area contributed by atoms with Gasteiger partial charge in [-0.1, -0.05) is 18.2 Å². The molecule has 156 valence electrons. The quantitative estimate of drug-likeness (QED) is 0.698. The number of benzene rings is 2. The molecule has 0 aliphatic carbocycles. The summed E-state index contributed by atoms with van der Waals surface area (Å²) in [6.07, 6.45) is 1.82. The Morgan fingerprint density at radius 1 is 1.03 bits per heavy atom. The van der Waals surface area contributed by atoms with Gasteiger partial charge in [-0.25, -0.2) is 14.0 Å². The van der Waals surface area contributed by atoms with Crippen molar-refractivity contribution in [3.05, 3.63) is 64.8 Å². The summed E-state index contributed by atoms with van der Waals surface area (Å²) in [5, 5.41) is 2.74. The highest BCUT2D eigenvalue weighted by Crippen LogP contribution is 2.28. The molecule has 0 atom stereocenters. The molecule has 0 unspecified atom stereocenters. The number of carbonyl (C=O) groups is 1. The number of hydrogen-bond donors (Lipinski definition) is 2. The third-order valence-corrected chi connectivity index (χ3v) is 6.23.